The first kappa shape index (κ1) is 14.8. The Morgan fingerprint density at radius 3 is 2.91 bits per heavy atom. The predicted molar refractivity (Wildman–Crippen MR) is 78.0 cm³/mol. The number of likely N-dealkylation sites (tertiary alicyclic amines) is 1. The Kier molecular flexibility index (Phi) is 3.52. The molecule has 22 heavy (non-hydrogen) atoms. The molecule has 0 bridgehead atoms. The molecule has 1 aromatic carbocycles. The molecule has 7 nitrogen and oxygen atoms in total. The number of methoxy groups -OCH3 is 2. The fraction of sp³-hybridized carbons (Fsp3) is 0.533. The van der Waals surface area contributed by atoms with Gasteiger partial charge in [-0.05, 0) is 18.4 Å². The molecule has 1 amide bonds. The Labute approximate surface area is 128 Å². The van der Waals surface area contributed by atoms with E-state index in [4.69, 9.17) is 9.47 Å². The van der Waals surface area contributed by atoms with Crippen molar-refractivity contribution in [2.75, 3.05) is 33.9 Å². The highest BCUT2D eigenvalue weighted by Crippen LogP contribution is 2.57. The minimum atomic E-state index is -0.522. The van der Waals surface area contributed by atoms with Crippen molar-refractivity contribution >= 4 is 11.6 Å². The Bertz CT molecular complexity index is 632. The maximum atomic E-state index is 12.6. The second-order valence-corrected chi connectivity index (χ2v) is 6.03. The standard InChI is InChI=1S/C15H18N2O5/c1-21-9-15-6-11(15)7-16(8-15)14(18)10-3-4-12(17(19)20)13(5-10)22-2/h3-5,11H,6-9H2,1-2H3. The number of hydrogen-bond donors (Lipinski definition) is 0. The molecule has 2 atom stereocenters. The highest BCUT2D eigenvalue weighted by atomic mass is 16.6. The molecule has 1 heterocycles. The van der Waals surface area contributed by atoms with Crippen LogP contribution in [0.5, 0.6) is 5.75 Å². The van der Waals surface area contributed by atoms with Crippen molar-refractivity contribution in [2.24, 2.45) is 11.3 Å². The monoisotopic (exact) mass is 306 g/mol. The molecule has 0 radical (unpaired) electrons. The molecule has 2 unspecified atom stereocenters. The summed E-state index contributed by atoms with van der Waals surface area (Å²) >= 11 is 0. The Morgan fingerprint density at radius 1 is 1.50 bits per heavy atom. The van der Waals surface area contributed by atoms with Gasteiger partial charge in [0.25, 0.3) is 5.91 Å². The first-order valence-electron chi connectivity index (χ1n) is 7.11. The van der Waals surface area contributed by atoms with Crippen LogP contribution in [-0.2, 0) is 4.74 Å². The van der Waals surface area contributed by atoms with E-state index in [9.17, 15) is 14.9 Å². The third-order valence-electron chi connectivity index (χ3n) is 4.65. The summed E-state index contributed by atoms with van der Waals surface area (Å²) in [7, 11) is 3.03. The minimum absolute atomic E-state index is 0.104. The molecule has 1 aliphatic carbocycles. The summed E-state index contributed by atoms with van der Waals surface area (Å²) in [5, 5.41) is 10.9. The van der Waals surface area contributed by atoms with Gasteiger partial charge in [-0.2, -0.15) is 0 Å². The Morgan fingerprint density at radius 2 is 2.27 bits per heavy atom. The zero-order valence-corrected chi connectivity index (χ0v) is 12.6. The zero-order chi connectivity index (χ0) is 15.9. The summed E-state index contributed by atoms with van der Waals surface area (Å²) in [4.78, 5) is 24.7. The van der Waals surface area contributed by atoms with Crippen LogP contribution in [0.2, 0.25) is 0 Å². The van der Waals surface area contributed by atoms with Crippen LogP contribution >= 0.6 is 0 Å². The van der Waals surface area contributed by atoms with Crippen LogP contribution in [0.15, 0.2) is 18.2 Å². The molecule has 1 aromatic rings. The molecule has 2 aliphatic rings. The van der Waals surface area contributed by atoms with Gasteiger partial charge in [-0.15, -0.1) is 0 Å². The Hall–Kier alpha value is -2.15. The zero-order valence-electron chi connectivity index (χ0n) is 12.6. The van der Waals surface area contributed by atoms with Crippen LogP contribution in [0.4, 0.5) is 5.69 Å². The fourth-order valence-corrected chi connectivity index (χ4v) is 3.40. The molecular formula is C15H18N2O5. The van der Waals surface area contributed by atoms with Crippen molar-refractivity contribution < 1.29 is 19.2 Å². The van der Waals surface area contributed by atoms with E-state index in [-0.39, 0.29) is 22.8 Å². The van der Waals surface area contributed by atoms with Gasteiger partial charge in [-0.1, -0.05) is 0 Å². The number of rotatable bonds is 5. The number of benzene rings is 1. The number of ether oxygens (including phenoxy) is 2. The number of nitro benzene ring substituents is 1. The molecule has 1 saturated carbocycles. The average Bonchev–Trinajstić information content (AvgIpc) is 3.06. The predicted octanol–water partition coefficient (Wildman–Crippen LogP) is 1.71. The van der Waals surface area contributed by atoms with Crippen molar-refractivity contribution in [3.63, 3.8) is 0 Å². The summed E-state index contributed by atoms with van der Waals surface area (Å²) in [5.41, 5.74) is 0.394. The van der Waals surface area contributed by atoms with Crippen LogP contribution in [0, 0.1) is 21.4 Å². The smallest absolute Gasteiger partial charge is 0.310 e. The van der Waals surface area contributed by atoms with Crippen molar-refractivity contribution in [3.05, 3.63) is 33.9 Å². The SMILES string of the molecule is COCC12CC1CN(C(=O)c1ccc([N+](=O)[O-])c(OC)c1)C2. The minimum Gasteiger partial charge on any atom is -0.490 e. The lowest BCUT2D eigenvalue weighted by Crippen LogP contribution is -2.32. The number of carbonyl (C=O) groups is 1. The normalized spacial score (nSPS) is 25.7. The third kappa shape index (κ3) is 2.31. The number of nitrogens with zero attached hydrogens (tertiary/aromatic N) is 2. The average molecular weight is 306 g/mol. The van der Waals surface area contributed by atoms with E-state index in [0.717, 1.165) is 13.0 Å². The molecule has 2 fully saturated rings. The molecule has 7 heteroatoms. The molecule has 0 aromatic heterocycles. The maximum Gasteiger partial charge on any atom is 0.310 e. The lowest BCUT2D eigenvalue weighted by Gasteiger charge is -2.21. The van der Waals surface area contributed by atoms with Crippen molar-refractivity contribution in [1.82, 2.24) is 4.90 Å². The molecule has 0 spiro atoms. The van der Waals surface area contributed by atoms with E-state index in [1.807, 2.05) is 0 Å². The van der Waals surface area contributed by atoms with Gasteiger partial charge in [-0.3, -0.25) is 14.9 Å². The number of piperidine rings is 1. The van der Waals surface area contributed by atoms with Gasteiger partial charge in [0.05, 0.1) is 18.6 Å². The molecule has 1 aliphatic heterocycles. The van der Waals surface area contributed by atoms with Gasteiger partial charge in [0.1, 0.15) is 0 Å². The van der Waals surface area contributed by atoms with Gasteiger partial charge in [-0.25, -0.2) is 0 Å². The van der Waals surface area contributed by atoms with Gasteiger partial charge >= 0.3 is 5.69 Å². The fourth-order valence-electron chi connectivity index (χ4n) is 3.40. The van der Waals surface area contributed by atoms with Gasteiger partial charge in [0.2, 0.25) is 0 Å². The summed E-state index contributed by atoms with van der Waals surface area (Å²) in [6.45, 7) is 2.08. The largest absolute Gasteiger partial charge is 0.490 e. The summed E-state index contributed by atoms with van der Waals surface area (Å²) in [5.74, 6) is 0.499. The van der Waals surface area contributed by atoms with Gasteiger partial charge < -0.3 is 14.4 Å². The van der Waals surface area contributed by atoms with Crippen molar-refractivity contribution in [1.29, 1.82) is 0 Å². The number of fused-ring (bicyclic) bond motifs is 1. The van der Waals surface area contributed by atoms with Crippen LogP contribution in [0.25, 0.3) is 0 Å². The first-order chi connectivity index (χ1) is 10.5. The third-order valence-corrected chi connectivity index (χ3v) is 4.65. The van der Waals surface area contributed by atoms with Crippen LogP contribution < -0.4 is 4.74 Å². The summed E-state index contributed by atoms with van der Waals surface area (Å²) in [6, 6.07) is 4.23. The van der Waals surface area contributed by atoms with E-state index < -0.39 is 4.92 Å². The van der Waals surface area contributed by atoms with Crippen LogP contribution in [0.1, 0.15) is 16.8 Å². The summed E-state index contributed by atoms with van der Waals surface area (Å²) < 4.78 is 10.3. The first-order valence-corrected chi connectivity index (χ1v) is 7.11. The highest BCUT2D eigenvalue weighted by molar-refractivity contribution is 5.95. The molecule has 3 rings (SSSR count). The molecule has 118 valence electrons. The van der Waals surface area contributed by atoms with E-state index in [1.54, 1.807) is 12.0 Å². The number of amides is 1. The van der Waals surface area contributed by atoms with E-state index >= 15 is 0 Å². The Balaban J connectivity index is 1.78. The molecular weight excluding hydrogens is 288 g/mol. The maximum absolute atomic E-state index is 12.6. The van der Waals surface area contributed by atoms with E-state index in [1.165, 1.54) is 25.3 Å². The lowest BCUT2D eigenvalue weighted by atomic mass is 10.1. The highest BCUT2D eigenvalue weighted by Gasteiger charge is 2.60. The molecule has 0 N–H and O–H groups in total. The quantitative estimate of drug-likeness (QED) is 0.611. The van der Waals surface area contributed by atoms with Gasteiger partial charge in [0, 0.05) is 43.3 Å². The van der Waals surface area contributed by atoms with Crippen molar-refractivity contribution in [2.45, 2.75) is 6.42 Å². The van der Waals surface area contributed by atoms with E-state index in [0.29, 0.717) is 24.6 Å². The second-order valence-electron chi connectivity index (χ2n) is 6.03. The van der Waals surface area contributed by atoms with Crippen LogP contribution in [-0.4, -0.2) is 49.6 Å². The lowest BCUT2D eigenvalue weighted by molar-refractivity contribution is -0.385. The number of nitro groups is 1. The van der Waals surface area contributed by atoms with Gasteiger partial charge in [0.15, 0.2) is 5.75 Å². The van der Waals surface area contributed by atoms with E-state index in [2.05, 4.69) is 0 Å². The number of hydrogen-bond acceptors (Lipinski definition) is 5. The second kappa shape index (κ2) is 5.24. The number of carbonyl (C=O) groups excluding carboxylic acids is 1. The summed E-state index contributed by atoms with van der Waals surface area (Å²) in [6.07, 6.45) is 1.11. The topological polar surface area (TPSA) is 81.9 Å². The van der Waals surface area contributed by atoms with Crippen molar-refractivity contribution in [3.8, 4) is 5.75 Å². The molecule has 1 saturated heterocycles. The van der Waals surface area contributed by atoms with Crippen LogP contribution in [0.3, 0.4) is 0 Å².